The molecule has 6 nitrogen and oxygen atoms in total. The van der Waals surface area contributed by atoms with E-state index in [2.05, 4.69) is 16.6 Å². The van der Waals surface area contributed by atoms with Gasteiger partial charge in [-0.1, -0.05) is 20.4 Å². The molecule has 0 aromatic carbocycles. The summed E-state index contributed by atoms with van der Waals surface area (Å²) in [6, 6.07) is -0.972. The summed E-state index contributed by atoms with van der Waals surface area (Å²) in [6.07, 6.45) is 1.86. The van der Waals surface area contributed by atoms with E-state index < -0.39 is 18.0 Å². The van der Waals surface area contributed by atoms with Crippen LogP contribution in [0.4, 0.5) is 9.28 Å². The first kappa shape index (κ1) is 18.7. The molecule has 1 unspecified atom stereocenters. The van der Waals surface area contributed by atoms with Crippen LogP contribution in [0.15, 0.2) is 12.8 Å². The lowest BCUT2D eigenvalue weighted by Gasteiger charge is -2.09. The number of unbranched alkanes of at least 4 members (excludes halogenated alkanes) is 1. The highest BCUT2D eigenvalue weighted by Gasteiger charge is 2.13. The molecule has 0 aromatic heterocycles. The number of hydrogen-bond acceptors (Lipinski definition) is 4. The summed E-state index contributed by atoms with van der Waals surface area (Å²) < 4.78 is 16.4. The van der Waals surface area contributed by atoms with Crippen molar-refractivity contribution in [2.75, 3.05) is 6.54 Å². The van der Waals surface area contributed by atoms with Crippen molar-refractivity contribution in [3.63, 3.8) is 0 Å². The monoisotopic (exact) mass is 263 g/mol. The van der Waals surface area contributed by atoms with E-state index >= 15 is 0 Å². The summed E-state index contributed by atoms with van der Waals surface area (Å²) in [7, 11) is 0. The molecule has 0 saturated carbocycles. The van der Waals surface area contributed by atoms with Gasteiger partial charge in [0.05, 0.1) is 6.26 Å². The smallest absolute Gasteiger partial charge is 0.411 e. The number of rotatable bonds is 8. The van der Waals surface area contributed by atoms with Crippen molar-refractivity contribution in [3.8, 4) is 0 Å². The van der Waals surface area contributed by atoms with E-state index in [0.29, 0.717) is 19.4 Å². The Hall–Kier alpha value is -1.63. The van der Waals surface area contributed by atoms with Crippen molar-refractivity contribution in [2.24, 2.45) is 5.73 Å². The average molecular weight is 263 g/mol. The zero-order valence-electron chi connectivity index (χ0n) is 10.9. The van der Waals surface area contributed by atoms with Crippen LogP contribution in [0, 0.1) is 0 Å². The first-order valence-electron chi connectivity index (χ1n) is 5.82. The molecule has 18 heavy (non-hydrogen) atoms. The molecule has 4 N–H and O–H groups in total. The van der Waals surface area contributed by atoms with E-state index in [1.165, 1.54) is 5.54 Å². The molecule has 0 bridgehead atoms. The molecular weight excluding hydrogens is 241 g/mol. The standard InChI is InChI=1S/C9H16FN3O3.C2H6/c1-2-16-9(15)12-6-4-3-5-7(13-10)8(11)14;1-2/h2,7,13H,1,3-6H2,(H2,11,14)(H,12,15);1-2H3. The van der Waals surface area contributed by atoms with Gasteiger partial charge in [-0.05, 0) is 19.3 Å². The molecule has 0 aliphatic heterocycles. The minimum absolute atomic E-state index is 0.282. The van der Waals surface area contributed by atoms with Crippen LogP contribution in [0.3, 0.4) is 0 Å². The van der Waals surface area contributed by atoms with Crippen LogP contribution in [0.2, 0.25) is 0 Å². The van der Waals surface area contributed by atoms with Crippen molar-refractivity contribution in [3.05, 3.63) is 12.8 Å². The second kappa shape index (κ2) is 13.4. The Morgan fingerprint density at radius 3 is 2.50 bits per heavy atom. The molecule has 2 amide bonds. The molecule has 0 rings (SSSR count). The number of nitrogens with two attached hydrogens (primary N) is 1. The van der Waals surface area contributed by atoms with Crippen LogP contribution in [-0.4, -0.2) is 24.6 Å². The lowest BCUT2D eigenvalue weighted by Crippen LogP contribution is -2.37. The molecule has 0 fully saturated rings. The fourth-order valence-electron chi connectivity index (χ4n) is 1.03. The SMILES string of the molecule is C=COC(=O)NCCCCC(NF)C(N)=O.CC. The third-order valence-electron chi connectivity index (χ3n) is 1.85. The number of halogens is 1. The predicted molar refractivity (Wildman–Crippen MR) is 67.1 cm³/mol. The summed E-state index contributed by atoms with van der Waals surface area (Å²) in [5.41, 5.74) is 6.23. The Morgan fingerprint density at radius 2 is 2.06 bits per heavy atom. The maximum Gasteiger partial charge on any atom is 0.411 e. The molecule has 0 spiro atoms. The Balaban J connectivity index is 0. The fourth-order valence-corrected chi connectivity index (χ4v) is 1.03. The van der Waals surface area contributed by atoms with Gasteiger partial charge in [-0.15, -0.1) is 10.0 Å². The number of amides is 2. The molecule has 1 atom stereocenters. The number of nitrogens with one attached hydrogen (secondary N) is 2. The van der Waals surface area contributed by atoms with Crippen molar-refractivity contribution < 1.29 is 18.8 Å². The van der Waals surface area contributed by atoms with Gasteiger partial charge in [-0.25, -0.2) is 4.79 Å². The molecule has 7 heteroatoms. The van der Waals surface area contributed by atoms with Crippen molar-refractivity contribution in [2.45, 2.75) is 39.2 Å². The lowest BCUT2D eigenvalue weighted by atomic mass is 10.1. The third-order valence-corrected chi connectivity index (χ3v) is 1.85. The summed E-state index contributed by atoms with van der Waals surface area (Å²) in [5, 5.41) is 2.44. The van der Waals surface area contributed by atoms with Gasteiger partial charge in [0.25, 0.3) is 0 Å². The Morgan fingerprint density at radius 1 is 1.44 bits per heavy atom. The Labute approximate surface area is 107 Å². The van der Waals surface area contributed by atoms with Crippen LogP contribution >= 0.6 is 0 Å². The first-order chi connectivity index (χ1) is 8.61. The van der Waals surface area contributed by atoms with Gasteiger partial charge in [0.1, 0.15) is 6.04 Å². The number of carbonyl (C=O) groups is 2. The van der Waals surface area contributed by atoms with Crippen molar-refractivity contribution >= 4 is 12.0 Å². The van der Waals surface area contributed by atoms with E-state index in [1.807, 2.05) is 13.8 Å². The van der Waals surface area contributed by atoms with Gasteiger partial charge in [0.15, 0.2) is 0 Å². The van der Waals surface area contributed by atoms with Crippen LogP contribution in [0.1, 0.15) is 33.1 Å². The quantitative estimate of drug-likeness (QED) is 0.350. The average Bonchev–Trinajstić information content (AvgIpc) is 2.36. The summed E-state index contributed by atoms with van der Waals surface area (Å²) in [5.74, 6) is -0.735. The highest BCUT2D eigenvalue weighted by atomic mass is 19.2. The molecule has 0 saturated heterocycles. The number of ether oxygens (including phenoxy) is 1. The largest absolute Gasteiger partial charge is 0.419 e. The zero-order valence-corrected chi connectivity index (χ0v) is 10.9. The van der Waals surface area contributed by atoms with Gasteiger partial charge in [-0.2, -0.15) is 0 Å². The molecule has 0 aliphatic carbocycles. The zero-order chi connectivity index (χ0) is 14.4. The van der Waals surface area contributed by atoms with Crippen LogP contribution in [-0.2, 0) is 9.53 Å². The molecular formula is C11H22FN3O3. The first-order valence-corrected chi connectivity index (χ1v) is 5.82. The van der Waals surface area contributed by atoms with Gasteiger partial charge >= 0.3 is 6.09 Å². The third kappa shape index (κ3) is 10.9. The maximum absolute atomic E-state index is 12.0. The second-order valence-electron chi connectivity index (χ2n) is 3.06. The van der Waals surface area contributed by atoms with E-state index in [9.17, 15) is 14.1 Å². The summed E-state index contributed by atoms with van der Waals surface area (Å²) in [6.45, 7) is 7.59. The van der Waals surface area contributed by atoms with E-state index in [4.69, 9.17) is 5.73 Å². The molecule has 0 aromatic rings. The number of carbonyl (C=O) groups excluding carboxylic acids is 2. The number of alkyl carbamates (subject to hydrolysis) is 1. The fraction of sp³-hybridized carbons (Fsp3) is 0.636. The molecule has 0 heterocycles. The second-order valence-corrected chi connectivity index (χ2v) is 3.06. The molecule has 106 valence electrons. The highest BCUT2D eigenvalue weighted by molar-refractivity contribution is 5.79. The van der Waals surface area contributed by atoms with Crippen LogP contribution < -0.4 is 16.6 Å². The van der Waals surface area contributed by atoms with E-state index in [0.717, 1.165) is 6.26 Å². The normalized spacial score (nSPS) is 10.6. The minimum atomic E-state index is -0.972. The number of primary amides is 1. The van der Waals surface area contributed by atoms with Gasteiger partial charge in [0, 0.05) is 6.54 Å². The topological polar surface area (TPSA) is 93.4 Å². The summed E-state index contributed by atoms with van der Waals surface area (Å²) >= 11 is 0. The predicted octanol–water partition coefficient (Wildman–Crippen LogP) is 1.38. The maximum atomic E-state index is 12.0. The summed E-state index contributed by atoms with van der Waals surface area (Å²) in [4.78, 5) is 21.4. The number of hydrogen-bond donors (Lipinski definition) is 3. The lowest BCUT2D eigenvalue weighted by molar-refractivity contribution is -0.121. The minimum Gasteiger partial charge on any atom is -0.419 e. The van der Waals surface area contributed by atoms with Gasteiger partial charge in [0.2, 0.25) is 5.91 Å². The van der Waals surface area contributed by atoms with E-state index in [-0.39, 0.29) is 6.42 Å². The van der Waals surface area contributed by atoms with E-state index in [1.54, 1.807) is 0 Å². The van der Waals surface area contributed by atoms with Gasteiger partial charge in [-0.3, -0.25) is 4.79 Å². The van der Waals surface area contributed by atoms with Gasteiger partial charge < -0.3 is 15.8 Å². The van der Waals surface area contributed by atoms with Crippen LogP contribution in [0.25, 0.3) is 0 Å². The Bertz CT molecular complexity index is 250. The van der Waals surface area contributed by atoms with Crippen LogP contribution in [0.5, 0.6) is 0 Å². The van der Waals surface area contributed by atoms with Crippen molar-refractivity contribution in [1.82, 2.24) is 10.9 Å². The Kier molecular flexibility index (Phi) is 14.0. The molecule has 0 aliphatic rings. The highest BCUT2D eigenvalue weighted by Crippen LogP contribution is 2.00. The van der Waals surface area contributed by atoms with Crippen molar-refractivity contribution in [1.29, 1.82) is 0 Å². The molecule has 0 radical (unpaired) electrons.